The Morgan fingerprint density at radius 1 is 1.16 bits per heavy atom. The number of rotatable bonds is 7. The number of amides is 1. The molecule has 1 aliphatic heterocycles. The van der Waals surface area contributed by atoms with Crippen LogP contribution < -0.4 is 10.1 Å². The number of hydrogen-bond acceptors (Lipinski definition) is 7. The Balaban J connectivity index is 1.47. The third-order valence-corrected chi connectivity index (χ3v) is 5.74. The molecule has 37 heavy (non-hydrogen) atoms. The number of ether oxygens (including phenoxy) is 1. The number of carbonyl (C=O) groups excluding carboxylic acids is 1. The van der Waals surface area contributed by atoms with E-state index in [1.54, 1.807) is 12.1 Å². The molecule has 0 radical (unpaired) electrons. The fourth-order valence-corrected chi connectivity index (χ4v) is 3.70. The molecule has 3 aromatic rings. The van der Waals surface area contributed by atoms with E-state index in [9.17, 15) is 18.0 Å². The van der Waals surface area contributed by atoms with Crippen LogP contribution in [-0.2, 0) is 11.0 Å². The number of benzene rings is 1. The monoisotopic (exact) mass is 513 g/mol. The summed E-state index contributed by atoms with van der Waals surface area (Å²) >= 11 is 0. The lowest BCUT2D eigenvalue weighted by Crippen LogP contribution is -2.44. The molecule has 0 bridgehead atoms. The first-order valence-electron chi connectivity index (χ1n) is 11.7. The van der Waals surface area contributed by atoms with Gasteiger partial charge < -0.3 is 24.8 Å². The highest BCUT2D eigenvalue weighted by Gasteiger charge is 2.33. The normalized spacial score (nSPS) is 14.6. The Morgan fingerprint density at radius 2 is 1.92 bits per heavy atom. The first kappa shape index (κ1) is 26.1. The minimum Gasteiger partial charge on any atom is -0.491 e. The predicted molar refractivity (Wildman–Crippen MR) is 131 cm³/mol. The largest absolute Gasteiger partial charge is 0.491 e. The maximum absolute atomic E-state index is 13.0. The van der Waals surface area contributed by atoms with E-state index < -0.39 is 17.8 Å². The average Bonchev–Trinajstić information content (AvgIpc) is 3.39. The second-order valence-electron chi connectivity index (χ2n) is 8.53. The number of halogens is 3. The van der Waals surface area contributed by atoms with Gasteiger partial charge in [0.1, 0.15) is 23.6 Å². The summed E-state index contributed by atoms with van der Waals surface area (Å²) in [6.07, 6.45) is 1.24. The average molecular weight is 514 g/mol. The van der Waals surface area contributed by atoms with Crippen LogP contribution in [-0.4, -0.2) is 82.0 Å². The number of likely N-dealkylation sites (N-methyl/N-ethyl adjacent to an activating group) is 1. The maximum atomic E-state index is 13.0. The fraction of sp³-hybridized carbons (Fsp3) is 0.360. The van der Waals surface area contributed by atoms with E-state index in [2.05, 4.69) is 53.9 Å². The van der Waals surface area contributed by atoms with E-state index in [0.717, 1.165) is 45.3 Å². The van der Waals surface area contributed by atoms with Crippen molar-refractivity contribution in [3.05, 3.63) is 54.4 Å². The number of imidazole rings is 1. The highest BCUT2D eigenvalue weighted by atomic mass is 19.4. The Kier molecular flexibility index (Phi) is 8.37. The van der Waals surface area contributed by atoms with Crippen molar-refractivity contribution in [3.63, 3.8) is 0 Å². The van der Waals surface area contributed by atoms with E-state index in [0.29, 0.717) is 23.5 Å². The number of aromatic amines is 1. The Bertz CT molecular complexity index is 1260. The molecule has 3 heterocycles. The Labute approximate surface area is 212 Å². The smallest absolute Gasteiger partial charge is 0.432 e. The van der Waals surface area contributed by atoms with Crippen LogP contribution in [0.15, 0.2) is 43.1 Å². The van der Waals surface area contributed by atoms with Crippen molar-refractivity contribution in [1.82, 2.24) is 29.7 Å². The number of H-pyrrole nitrogens is 1. The molecule has 4 rings (SSSR count). The van der Waals surface area contributed by atoms with E-state index in [4.69, 9.17) is 4.74 Å². The zero-order valence-corrected chi connectivity index (χ0v) is 20.2. The Hall–Kier alpha value is -3.95. The summed E-state index contributed by atoms with van der Waals surface area (Å²) in [5.41, 5.74) is 0.112. The second-order valence-corrected chi connectivity index (χ2v) is 8.53. The van der Waals surface area contributed by atoms with Crippen LogP contribution in [0.2, 0.25) is 0 Å². The first-order chi connectivity index (χ1) is 17.8. The summed E-state index contributed by atoms with van der Waals surface area (Å²) in [7, 11) is 2.10. The number of piperazine rings is 1. The van der Waals surface area contributed by atoms with Crippen LogP contribution in [0.25, 0.3) is 11.4 Å². The lowest BCUT2D eigenvalue weighted by molar-refractivity contribution is -0.140. The summed E-state index contributed by atoms with van der Waals surface area (Å²) in [6.45, 7) is 5.34. The van der Waals surface area contributed by atoms with Crippen molar-refractivity contribution in [2.45, 2.75) is 12.6 Å². The summed E-state index contributed by atoms with van der Waals surface area (Å²) in [5.74, 6) is 4.88. The summed E-state index contributed by atoms with van der Waals surface area (Å²) in [6, 6.07) is 4.67. The number of alkyl halides is 3. The van der Waals surface area contributed by atoms with E-state index in [-0.39, 0.29) is 11.5 Å². The van der Waals surface area contributed by atoms with Gasteiger partial charge in [0.2, 0.25) is 0 Å². The lowest BCUT2D eigenvalue weighted by Gasteiger charge is -2.32. The summed E-state index contributed by atoms with van der Waals surface area (Å²) < 4.78 is 44.9. The molecule has 2 aromatic heterocycles. The molecule has 1 aromatic carbocycles. The van der Waals surface area contributed by atoms with Crippen molar-refractivity contribution in [1.29, 1.82) is 0 Å². The molecule has 0 aliphatic carbocycles. The molecule has 194 valence electrons. The molecule has 12 heteroatoms. The minimum atomic E-state index is -4.55. The van der Waals surface area contributed by atoms with Gasteiger partial charge in [-0.3, -0.25) is 4.79 Å². The van der Waals surface area contributed by atoms with E-state index >= 15 is 0 Å². The molecule has 0 unspecified atom stereocenters. The van der Waals surface area contributed by atoms with Gasteiger partial charge in [0, 0.05) is 56.6 Å². The highest BCUT2D eigenvalue weighted by molar-refractivity contribution is 6.05. The Morgan fingerprint density at radius 3 is 2.62 bits per heavy atom. The maximum Gasteiger partial charge on any atom is 0.432 e. The SMILES string of the molecule is CN1CCN(CCCOc2ccc(-c3ncc(C(F)(F)F)[nH]3)cc2NC(=O)C#Cc2cncnc2)CC1. The molecule has 1 saturated heterocycles. The molecule has 0 spiro atoms. The second kappa shape index (κ2) is 11.9. The predicted octanol–water partition coefficient (Wildman–Crippen LogP) is 2.89. The molecular weight excluding hydrogens is 487 g/mol. The molecule has 9 nitrogen and oxygen atoms in total. The van der Waals surface area contributed by atoms with E-state index in [1.165, 1.54) is 24.8 Å². The van der Waals surface area contributed by atoms with Crippen molar-refractivity contribution in [2.75, 3.05) is 51.7 Å². The van der Waals surface area contributed by atoms with Crippen LogP contribution in [0.4, 0.5) is 18.9 Å². The number of carbonyl (C=O) groups is 1. The molecular formula is C25H26F3N7O2. The molecule has 1 aliphatic rings. The minimum absolute atomic E-state index is 0.0111. The van der Waals surface area contributed by atoms with Gasteiger partial charge >= 0.3 is 12.1 Å². The molecule has 0 atom stereocenters. The number of anilines is 1. The van der Waals surface area contributed by atoms with Gasteiger partial charge in [0.05, 0.1) is 24.1 Å². The lowest BCUT2D eigenvalue weighted by atomic mass is 10.1. The van der Waals surface area contributed by atoms with Gasteiger partial charge in [0.15, 0.2) is 0 Å². The van der Waals surface area contributed by atoms with Crippen LogP contribution in [0, 0.1) is 11.8 Å². The third-order valence-electron chi connectivity index (χ3n) is 5.74. The third kappa shape index (κ3) is 7.52. The van der Waals surface area contributed by atoms with Crippen molar-refractivity contribution in [3.8, 4) is 29.0 Å². The van der Waals surface area contributed by atoms with Crippen molar-refractivity contribution < 1.29 is 22.7 Å². The van der Waals surface area contributed by atoms with Gasteiger partial charge in [-0.15, -0.1) is 0 Å². The van der Waals surface area contributed by atoms with Gasteiger partial charge in [0.25, 0.3) is 0 Å². The van der Waals surface area contributed by atoms with E-state index in [1.807, 2.05) is 0 Å². The zero-order valence-electron chi connectivity index (χ0n) is 20.2. The fourth-order valence-electron chi connectivity index (χ4n) is 3.70. The molecule has 1 amide bonds. The number of nitrogens with zero attached hydrogens (tertiary/aromatic N) is 5. The molecule has 2 N–H and O–H groups in total. The van der Waals surface area contributed by atoms with Crippen molar-refractivity contribution >= 4 is 11.6 Å². The van der Waals surface area contributed by atoms with Gasteiger partial charge in [-0.2, -0.15) is 13.2 Å². The molecule has 0 saturated carbocycles. The highest BCUT2D eigenvalue weighted by Crippen LogP contribution is 2.33. The zero-order chi connectivity index (χ0) is 26.3. The summed E-state index contributed by atoms with van der Waals surface area (Å²) in [4.78, 5) is 31.0. The van der Waals surface area contributed by atoms with Gasteiger partial charge in [-0.25, -0.2) is 15.0 Å². The van der Waals surface area contributed by atoms with Crippen LogP contribution >= 0.6 is 0 Å². The quantitative estimate of drug-likeness (QED) is 0.370. The van der Waals surface area contributed by atoms with Crippen molar-refractivity contribution in [2.24, 2.45) is 0 Å². The van der Waals surface area contributed by atoms with Crippen LogP contribution in [0.5, 0.6) is 5.75 Å². The summed E-state index contributed by atoms with van der Waals surface area (Å²) in [5, 5.41) is 2.66. The topological polar surface area (TPSA) is 99.3 Å². The number of hydrogen-bond donors (Lipinski definition) is 2. The number of nitrogens with one attached hydrogen (secondary N) is 2. The molecule has 1 fully saturated rings. The van der Waals surface area contributed by atoms with Gasteiger partial charge in [-0.05, 0) is 31.7 Å². The standard InChI is InChI=1S/C25H26F3N7O2/c1-34-8-10-35(11-9-34)7-2-12-37-21-5-4-19(24-31-16-22(33-24)25(26,27)28)13-20(21)32-23(36)6-3-18-14-29-17-30-15-18/h4-5,13-17H,2,7-12H2,1H3,(H,31,33)(H,32,36). The first-order valence-corrected chi connectivity index (χ1v) is 11.7. The van der Waals surface area contributed by atoms with Gasteiger partial charge in [-0.1, -0.05) is 5.92 Å². The van der Waals surface area contributed by atoms with Crippen LogP contribution in [0.3, 0.4) is 0 Å². The number of aromatic nitrogens is 4. The van der Waals surface area contributed by atoms with Crippen LogP contribution in [0.1, 0.15) is 17.7 Å².